The van der Waals surface area contributed by atoms with Gasteiger partial charge in [0.2, 0.25) is 0 Å². The van der Waals surface area contributed by atoms with Gasteiger partial charge in [-0.3, -0.25) is 14.2 Å². The number of anilines is 1. The number of hydrogen-bond donors (Lipinski definition) is 2. The van der Waals surface area contributed by atoms with E-state index in [9.17, 15) is 18.3 Å². The zero-order chi connectivity index (χ0) is 26.3. The number of fused-ring (bicyclic) bond motifs is 3. The van der Waals surface area contributed by atoms with Gasteiger partial charge >= 0.3 is 0 Å². The highest BCUT2D eigenvalue weighted by Crippen LogP contribution is 2.45. The minimum absolute atomic E-state index is 0.0271. The first kappa shape index (κ1) is 25.9. The zero-order valence-electron chi connectivity index (χ0n) is 20.5. The number of nitrogens with zero attached hydrogens (tertiary/aromatic N) is 2. The summed E-state index contributed by atoms with van der Waals surface area (Å²) >= 11 is 0. The van der Waals surface area contributed by atoms with Gasteiger partial charge in [-0.1, -0.05) is 18.2 Å². The van der Waals surface area contributed by atoms with Crippen molar-refractivity contribution in [2.75, 3.05) is 44.8 Å². The SMILES string of the molecule is CC1Cc2c(oc3ccccc23)C(c2c(F)cc(NC3CN(CCCF)C3)cc2F)N1CC(F)(F)CO. The summed E-state index contributed by atoms with van der Waals surface area (Å²) < 4.78 is 78.5. The zero-order valence-corrected chi connectivity index (χ0v) is 20.5. The molecule has 3 aromatic rings. The number of para-hydroxylation sites is 1. The quantitative estimate of drug-likeness (QED) is 0.381. The van der Waals surface area contributed by atoms with E-state index in [2.05, 4.69) is 5.32 Å². The molecule has 0 saturated carbocycles. The number of nitrogens with one attached hydrogen (secondary N) is 1. The predicted molar refractivity (Wildman–Crippen MR) is 131 cm³/mol. The van der Waals surface area contributed by atoms with Crippen molar-refractivity contribution in [3.63, 3.8) is 0 Å². The van der Waals surface area contributed by atoms with E-state index < -0.39 is 42.8 Å². The molecule has 5 rings (SSSR count). The molecule has 0 amide bonds. The molecule has 0 radical (unpaired) electrons. The second-order valence-electron chi connectivity index (χ2n) is 10.1. The van der Waals surface area contributed by atoms with Crippen molar-refractivity contribution in [1.29, 1.82) is 0 Å². The second-order valence-corrected chi connectivity index (χ2v) is 10.1. The van der Waals surface area contributed by atoms with Crippen molar-refractivity contribution in [2.45, 2.75) is 43.8 Å². The molecule has 3 heterocycles. The van der Waals surface area contributed by atoms with Crippen LogP contribution in [-0.2, 0) is 6.42 Å². The van der Waals surface area contributed by atoms with E-state index >= 15 is 8.78 Å². The number of halogens is 5. The normalized spacial score (nSPS) is 21.3. The number of benzene rings is 2. The van der Waals surface area contributed by atoms with Crippen molar-refractivity contribution in [2.24, 2.45) is 0 Å². The van der Waals surface area contributed by atoms with Gasteiger partial charge < -0.3 is 14.8 Å². The van der Waals surface area contributed by atoms with Crippen molar-refractivity contribution >= 4 is 16.7 Å². The molecule has 37 heavy (non-hydrogen) atoms. The average molecular weight is 524 g/mol. The van der Waals surface area contributed by atoms with Crippen LogP contribution in [0.1, 0.15) is 36.3 Å². The van der Waals surface area contributed by atoms with Crippen molar-refractivity contribution in [1.82, 2.24) is 9.80 Å². The Morgan fingerprint density at radius 2 is 1.84 bits per heavy atom. The second kappa shape index (κ2) is 10.2. The summed E-state index contributed by atoms with van der Waals surface area (Å²) in [6.07, 6.45) is 0.800. The number of hydrogen-bond acceptors (Lipinski definition) is 5. The molecule has 2 unspecified atom stereocenters. The van der Waals surface area contributed by atoms with Gasteiger partial charge in [0.05, 0.1) is 19.3 Å². The van der Waals surface area contributed by atoms with E-state index in [4.69, 9.17) is 4.42 Å². The Hall–Kier alpha value is -2.69. The first-order valence-corrected chi connectivity index (χ1v) is 12.5. The maximum absolute atomic E-state index is 15.6. The molecule has 2 atom stereocenters. The van der Waals surface area contributed by atoms with E-state index in [1.807, 2.05) is 17.0 Å². The molecule has 0 bridgehead atoms. The molecule has 1 fully saturated rings. The minimum atomic E-state index is -3.47. The highest BCUT2D eigenvalue weighted by Gasteiger charge is 2.44. The summed E-state index contributed by atoms with van der Waals surface area (Å²) in [5, 5.41) is 13.1. The molecule has 2 N–H and O–H groups in total. The lowest BCUT2D eigenvalue weighted by molar-refractivity contribution is -0.0881. The Morgan fingerprint density at radius 1 is 1.14 bits per heavy atom. The molecule has 0 aliphatic carbocycles. The molecule has 10 heteroatoms. The average Bonchev–Trinajstić information content (AvgIpc) is 3.19. The van der Waals surface area contributed by atoms with Gasteiger partial charge in [-0.05, 0) is 38.0 Å². The Balaban J connectivity index is 1.50. The largest absolute Gasteiger partial charge is 0.459 e. The molecule has 200 valence electrons. The van der Waals surface area contributed by atoms with E-state index in [0.29, 0.717) is 38.1 Å². The molecular weight excluding hydrogens is 493 g/mol. The van der Waals surface area contributed by atoms with Crippen molar-refractivity contribution < 1.29 is 31.5 Å². The monoisotopic (exact) mass is 523 g/mol. The molecule has 2 aliphatic rings. The van der Waals surface area contributed by atoms with Crippen LogP contribution in [0.4, 0.5) is 27.6 Å². The first-order valence-electron chi connectivity index (χ1n) is 12.5. The lowest BCUT2D eigenvalue weighted by atomic mass is 9.88. The summed E-state index contributed by atoms with van der Waals surface area (Å²) in [7, 11) is 0. The van der Waals surface area contributed by atoms with Gasteiger partial charge in [-0.15, -0.1) is 0 Å². The van der Waals surface area contributed by atoms with Crippen LogP contribution in [0.25, 0.3) is 11.0 Å². The summed E-state index contributed by atoms with van der Waals surface area (Å²) in [6, 6.07) is 7.75. The Morgan fingerprint density at radius 3 is 2.51 bits per heavy atom. The third-order valence-corrected chi connectivity index (χ3v) is 7.31. The van der Waals surface area contributed by atoms with Gasteiger partial charge in [0.25, 0.3) is 5.92 Å². The van der Waals surface area contributed by atoms with Gasteiger partial charge in [-0.25, -0.2) is 17.6 Å². The molecule has 1 saturated heterocycles. The highest BCUT2D eigenvalue weighted by atomic mass is 19.3. The van der Waals surface area contributed by atoms with Crippen LogP contribution in [-0.4, -0.2) is 72.4 Å². The minimum Gasteiger partial charge on any atom is -0.459 e. The van der Waals surface area contributed by atoms with Crippen LogP contribution in [0.3, 0.4) is 0 Å². The van der Waals surface area contributed by atoms with E-state index in [-0.39, 0.29) is 29.7 Å². The van der Waals surface area contributed by atoms with Gasteiger partial charge in [0.15, 0.2) is 0 Å². The van der Waals surface area contributed by atoms with Gasteiger partial charge in [0.1, 0.15) is 35.6 Å². The van der Waals surface area contributed by atoms with E-state index in [1.54, 1.807) is 19.1 Å². The number of furan rings is 1. The fourth-order valence-corrected chi connectivity index (χ4v) is 5.52. The van der Waals surface area contributed by atoms with Crippen LogP contribution in [0.5, 0.6) is 0 Å². The lowest BCUT2D eigenvalue weighted by Crippen LogP contribution is -2.54. The fourth-order valence-electron chi connectivity index (χ4n) is 5.52. The number of aliphatic hydroxyl groups excluding tert-OH is 1. The number of aliphatic hydroxyl groups is 1. The lowest BCUT2D eigenvalue weighted by Gasteiger charge is -2.41. The molecule has 5 nitrogen and oxygen atoms in total. The smallest absolute Gasteiger partial charge is 0.283 e. The number of rotatable bonds is 9. The van der Waals surface area contributed by atoms with Crippen LogP contribution in [0, 0.1) is 11.6 Å². The topological polar surface area (TPSA) is 51.9 Å². The van der Waals surface area contributed by atoms with Crippen LogP contribution >= 0.6 is 0 Å². The van der Waals surface area contributed by atoms with Crippen LogP contribution < -0.4 is 5.32 Å². The van der Waals surface area contributed by atoms with E-state index in [1.165, 1.54) is 17.0 Å². The molecular formula is C27H30F5N3O2. The van der Waals surface area contributed by atoms with Crippen molar-refractivity contribution in [3.05, 3.63) is 64.9 Å². The molecule has 2 aromatic carbocycles. The highest BCUT2D eigenvalue weighted by molar-refractivity contribution is 5.83. The first-order chi connectivity index (χ1) is 17.7. The molecule has 1 aromatic heterocycles. The number of likely N-dealkylation sites (tertiary alicyclic amines) is 1. The fraction of sp³-hybridized carbons (Fsp3) is 0.481. The summed E-state index contributed by atoms with van der Waals surface area (Å²) in [4.78, 5) is 3.36. The molecule has 2 aliphatic heterocycles. The van der Waals surface area contributed by atoms with Crippen molar-refractivity contribution in [3.8, 4) is 0 Å². The predicted octanol–water partition coefficient (Wildman–Crippen LogP) is 5.13. The van der Waals surface area contributed by atoms with Crippen LogP contribution in [0.15, 0.2) is 40.8 Å². The standard InChI is InChI=1S/C27H30F5N3O2/c1-16-9-20-19-5-2-3-6-23(19)37-26(20)25(35(16)14-27(31,32)15-36)24-21(29)10-17(11-22(24)30)33-18-12-34(13-18)8-4-7-28/h2-3,5-6,10-11,16,18,25,33,36H,4,7-9,12-15H2,1H3. The van der Waals surface area contributed by atoms with Crippen LogP contribution in [0.2, 0.25) is 0 Å². The third kappa shape index (κ3) is 5.06. The van der Waals surface area contributed by atoms with Gasteiger partial charge in [-0.2, -0.15) is 0 Å². The maximum Gasteiger partial charge on any atom is 0.283 e. The Labute approximate surface area is 211 Å². The summed E-state index contributed by atoms with van der Waals surface area (Å²) in [5.41, 5.74) is 1.13. The Kier molecular flexibility index (Phi) is 7.17. The summed E-state index contributed by atoms with van der Waals surface area (Å²) in [6.45, 7) is 0.969. The Bertz CT molecular complexity index is 1240. The molecule has 0 spiro atoms. The number of alkyl halides is 3. The maximum atomic E-state index is 15.6. The van der Waals surface area contributed by atoms with E-state index in [0.717, 1.165) is 10.9 Å². The third-order valence-electron chi connectivity index (χ3n) is 7.31. The van der Waals surface area contributed by atoms with Gasteiger partial charge in [0, 0.05) is 47.9 Å². The summed E-state index contributed by atoms with van der Waals surface area (Å²) in [5.74, 6) is -4.99.